The molecule has 8 bridgehead atoms. The van der Waals surface area contributed by atoms with Gasteiger partial charge in [-0.2, -0.15) is 0 Å². The van der Waals surface area contributed by atoms with E-state index in [4.69, 9.17) is 0 Å². The first kappa shape index (κ1) is 22.0. The molecule has 0 atom stereocenters. The third kappa shape index (κ3) is 3.41. The highest BCUT2D eigenvalue weighted by Crippen LogP contribution is 2.35. The van der Waals surface area contributed by atoms with Gasteiger partial charge in [0.05, 0.1) is 19.7 Å². The molecule has 0 saturated heterocycles. The highest BCUT2D eigenvalue weighted by Gasteiger charge is 2.28. The Hall–Kier alpha value is -5.80. The summed E-state index contributed by atoms with van der Waals surface area (Å²) in [5.41, 5.74) is -3.86. The first-order chi connectivity index (χ1) is 17.2. The maximum atomic E-state index is 11.9. The van der Waals surface area contributed by atoms with Gasteiger partial charge in [-0.25, -0.2) is 9.97 Å². The van der Waals surface area contributed by atoms with Crippen molar-refractivity contribution in [2.24, 2.45) is 0 Å². The highest BCUT2D eigenvalue weighted by atomic mass is 16.6. The van der Waals surface area contributed by atoms with E-state index in [1.807, 2.05) is 0 Å². The number of hydrogen-bond donors (Lipinski definition) is 2. The van der Waals surface area contributed by atoms with E-state index in [-0.39, 0.29) is 44.8 Å². The van der Waals surface area contributed by atoms with Crippen LogP contribution in [0.2, 0.25) is 0 Å². The number of aromatic nitrogens is 4. The van der Waals surface area contributed by atoms with Crippen LogP contribution in [0, 0.1) is 40.5 Å². The Kier molecular flexibility index (Phi) is 4.83. The molecule has 2 aliphatic rings. The summed E-state index contributed by atoms with van der Waals surface area (Å²) in [5, 5.41) is 47.5. The van der Waals surface area contributed by atoms with E-state index < -0.39 is 42.4 Å². The van der Waals surface area contributed by atoms with Crippen LogP contribution in [0.15, 0.2) is 24.3 Å². The molecule has 16 nitrogen and oxygen atoms in total. The average molecular weight is 490 g/mol. The van der Waals surface area contributed by atoms with Gasteiger partial charge >= 0.3 is 22.7 Å². The molecule has 0 saturated carbocycles. The number of fused-ring (bicyclic) bond motifs is 8. The van der Waals surface area contributed by atoms with Crippen LogP contribution >= 0.6 is 0 Å². The van der Waals surface area contributed by atoms with Crippen molar-refractivity contribution in [2.75, 3.05) is 0 Å². The molecule has 5 rings (SSSR count). The fraction of sp³-hybridized carbons (Fsp3) is 0. The van der Waals surface area contributed by atoms with Gasteiger partial charge in [0, 0.05) is 0 Å². The van der Waals surface area contributed by atoms with E-state index in [0.717, 1.165) is 0 Å². The topological polar surface area (TPSA) is 230 Å². The lowest BCUT2D eigenvalue weighted by Crippen LogP contribution is -1.97. The lowest BCUT2D eigenvalue weighted by molar-refractivity contribution is -0.385. The lowest BCUT2D eigenvalue weighted by atomic mass is 10.2. The summed E-state index contributed by atoms with van der Waals surface area (Å²) < 4.78 is 0. The van der Waals surface area contributed by atoms with Crippen molar-refractivity contribution in [3.63, 3.8) is 0 Å². The van der Waals surface area contributed by atoms with Gasteiger partial charge in [-0.1, -0.05) is 0 Å². The molecule has 0 unspecified atom stereocenters. The van der Waals surface area contributed by atoms with E-state index in [2.05, 4.69) is 19.9 Å². The van der Waals surface area contributed by atoms with Crippen LogP contribution in [0.1, 0.15) is 22.8 Å². The number of rotatable bonds is 4. The van der Waals surface area contributed by atoms with Crippen LogP contribution in [-0.4, -0.2) is 39.6 Å². The first-order valence-electron chi connectivity index (χ1n) is 9.89. The monoisotopic (exact) mass is 490 g/mol. The summed E-state index contributed by atoms with van der Waals surface area (Å²) in [7, 11) is 0. The zero-order valence-corrected chi connectivity index (χ0v) is 17.6. The summed E-state index contributed by atoms with van der Waals surface area (Å²) in [6.45, 7) is 0. The second-order valence-corrected chi connectivity index (χ2v) is 7.43. The zero-order valence-electron chi connectivity index (χ0n) is 17.6. The number of nitro groups is 4. The summed E-state index contributed by atoms with van der Waals surface area (Å²) in [5.74, 6) is 0. The van der Waals surface area contributed by atoms with Crippen LogP contribution in [0.4, 0.5) is 22.7 Å². The Bertz CT molecular complexity index is 1650. The average Bonchev–Trinajstić information content (AvgIpc) is 3.57. The third-order valence-corrected chi connectivity index (χ3v) is 5.37. The Balaban J connectivity index is 2.07. The Labute approximate surface area is 196 Å². The normalized spacial score (nSPS) is 12.0. The molecule has 0 aliphatic carbocycles. The van der Waals surface area contributed by atoms with Crippen molar-refractivity contribution in [1.29, 1.82) is 0 Å². The minimum atomic E-state index is -0.795. The van der Waals surface area contributed by atoms with Crippen LogP contribution in [-0.2, 0) is 0 Å². The van der Waals surface area contributed by atoms with Crippen molar-refractivity contribution in [3.8, 4) is 0 Å². The SMILES string of the molecule is O=[N+]([O-])c1c2nc(c([N+](=O)[O-])c3ccc([nH]3)c([N+](=O)[O-])c3ccc([nH]3)c([N+](=O)[O-])c3nc1C=C3)C=C2. The van der Waals surface area contributed by atoms with E-state index in [9.17, 15) is 40.5 Å². The summed E-state index contributed by atoms with van der Waals surface area (Å²) in [6.07, 6.45) is 4.72. The molecule has 2 N–H and O–H groups in total. The Morgan fingerprint density at radius 1 is 0.472 bits per heavy atom. The van der Waals surface area contributed by atoms with Gasteiger partial charge in [-0.3, -0.25) is 40.5 Å². The molecule has 0 spiro atoms. The van der Waals surface area contributed by atoms with Crippen molar-refractivity contribution >= 4 is 69.1 Å². The molecule has 178 valence electrons. The molecule has 0 radical (unpaired) electrons. The van der Waals surface area contributed by atoms with Crippen LogP contribution in [0.25, 0.3) is 46.4 Å². The molecule has 3 aromatic rings. The summed E-state index contributed by atoms with van der Waals surface area (Å²) >= 11 is 0. The van der Waals surface area contributed by atoms with Gasteiger partial charge in [0.25, 0.3) is 0 Å². The largest absolute Gasteiger partial charge is 0.344 e. The highest BCUT2D eigenvalue weighted by molar-refractivity contribution is 5.91. The fourth-order valence-corrected chi connectivity index (χ4v) is 3.91. The fourth-order valence-electron chi connectivity index (χ4n) is 3.91. The van der Waals surface area contributed by atoms with E-state index in [0.29, 0.717) is 0 Å². The molecule has 0 fully saturated rings. The number of nitrogens with one attached hydrogen (secondary N) is 2. The Morgan fingerprint density at radius 2 is 0.750 bits per heavy atom. The Morgan fingerprint density at radius 3 is 1.06 bits per heavy atom. The number of hydrogen-bond acceptors (Lipinski definition) is 10. The first-order valence-corrected chi connectivity index (χ1v) is 9.89. The van der Waals surface area contributed by atoms with Crippen LogP contribution in [0.3, 0.4) is 0 Å². The van der Waals surface area contributed by atoms with Crippen LogP contribution in [0.5, 0.6) is 0 Å². The predicted molar refractivity (Wildman–Crippen MR) is 125 cm³/mol. The number of nitrogens with zero attached hydrogens (tertiary/aromatic N) is 6. The second-order valence-electron chi connectivity index (χ2n) is 7.43. The maximum absolute atomic E-state index is 11.9. The van der Waals surface area contributed by atoms with E-state index >= 15 is 0 Å². The molecule has 0 amide bonds. The van der Waals surface area contributed by atoms with Crippen molar-refractivity contribution in [2.45, 2.75) is 0 Å². The van der Waals surface area contributed by atoms with Crippen molar-refractivity contribution in [3.05, 3.63) is 87.5 Å². The maximum Gasteiger partial charge on any atom is 0.320 e. The number of H-pyrrole nitrogens is 2. The lowest BCUT2D eigenvalue weighted by Gasteiger charge is -1.95. The quantitative estimate of drug-likeness (QED) is 0.268. The molecular weight excluding hydrogens is 480 g/mol. The molecule has 5 heterocycles. The van der Waals surface area contributed by atoms with Crippen LogP contribution < -0.4 is 0 Å². The zero-order chi connectivity index (χ0) is 25.7. The molecule has 3 aromatic heterocycles. The second kappa shape index (κ2) is 7.90. The molecule has 36 heavy (non-hydrogen) atoms. The van der Waals surface area contributed by atoms with Gasteiger partial charge < -0.3 is 9.97 Å². The van der Waals surface area contributed by atoms with E-state index in [1.54, 1.807) is 0 Å². The molecule has 2 aliphatic heterocycles. The van der Waals surface area contributed by atoms with Gasteiger partial charge in [0.1, 0.15) is 44.8 Å². The minimum absolute atomic E-state index is 0.129. The molecule has 16 heteroatoms. The molecule has 0 aromatic carbocycles. The minimum Gasteiger partial charge on any atom is -0.344 e. The summed E-state index contributed by atoms with van der Waals surface area (Å²) in [6, 6.07) is 4.92. The standard InChI is InChI=1S/C20H10N8O8/c29-25(30)17-9-1-2-10(21-9)18(26(31)32)12-5-6-14(23-12)20(28(35)36)16-8-7-15(24-16)19(27(33)34)13-4-3-11(17)22-13/h1-8,21-22H. The smallest absolute Gasteiger partial charge is 0.320 e. The van der Waals surface area contributed by atoms with Crippen molar-refractivity contribution in [1.82, 2.24) is 19.9 Å². The molecular formula is C20H10N8O8. The van der Waals surface area contributed by atoms with E-state index in [1.165, 1.54) is 48.6 Å². The predicted octanol–water partition coefficient (Wildman–Crippen LogP) is 4.29. The number of aromatic amines is 2. The van der Waals surface area contributed by atoms with Gasteiger partial charge in [0.15, 0.2) is 0 Å². The van der Waals surface area contributed by atoms with Gasteiger partial charge in [0.2, 0.25) is 0 Å². The van der Waals surface area contributed by atoms with Gasteiger partial charge in [-0.15, -0.1) is 0 Å². The summed E-state index contributed by atoms with van der Waals surface area (Å²) in [4.78, 5) is 57.7. The third-order valence-electron chi connectivity index (χ3n) is 5.37. The van der Waals surface area contributed by atoms with Gasteiger partial charge in [-0.05, 0) is 48.6 Å². The van der Waals surface area contributed by atoms with Crippen molar-refractivity contribution < 1.29 is 19.7 Å².